The molecule has 0 aliphatic heterocycles. The molecule has 0 N–H and O–H groups in total. The van der Waals surface area contributed by atoms with E-state index in [1.807, 2.05) is 48.5 Å². The van der Waals surface area contributed by atoms with Gasteiger partial charge in [0, 0.05) is 27.6 Å². The number of hydrogen-bond acceptors (Lipinski definition) is 4. The van der Waals surface area contributed by atoms with Crippen molar-refractivity contribution in [2.75, 3.05) is 0 Å². The van der Waals surface area contributed by atoms with E-state index >= 15 is 0 Å². The van der Waals surface area contributed by atoms with Gasteiger partial charge in [0.05, 0.1) is 5.41 Å². The molecular formula is C48H31N3O. The van der Waals surface area contributed by atoms with E-state index in [4.69, 9.17) is 19.4 Å². The van der Waals surface area contributed by atoms with Gasteiger partial charge in [-0.15, -0.1) is 0 Å². The number of rotatable bonds is 6. The summed E-state index contributed by atoms with van der Waals surface area (Å²) in [6.07, 6.45) is 0. The van der Waals surface area contributed by atoms with Crippen LogP contribution in [0.2, 0.25) is 0 Å². The summed E-state index contributed by atoms with van der Waals surface area (Å²) in [5.41, 5.74) is 11.5. The summed E-state index contributed by atoms with van der Waals surface area (Å²) in [6.45, 7) is 0. The fourth-order valence-corrected chi connectivity index (χ4v) is 7.84. The van der Waals surface area contributed by atoms with Gasteiger partial charge in [0.15, 0.2) is 17.5 Å². The van der Waals surface area contributed by atoms with Crippen molar-refractivity contribution < 1.29 is 4.42 Å². The molecule has 0 radical (unpaired) electrons. The Morgan fingerprint density at radius 3 is 1.54 bits per heavy atom. The van der Waals surface area contributed by atoms with Crippen LogP contribution in [0.5, 0.6) is 0 Å². The predicted molar refractivity (Wildman–Crippen MR) is 209 cm³/mol. The van der Waals surface area contributed by atoms with Crippen LogP contribution >= 0.6 is 0 Å². The van der Waals surface area contributed by atoms with Crippen molar-refractivity contribution in [2.24, 2.45) is 0 Å². The number of hydrogen-bond donors (Lipinski definition) is 0. The number of furan rings is 1. The van der Waals surface area contributed by atoms with Crippen LogP contribution in [0.4, 0.5) is 0 Å². The summed E-state index contributed by atoms with van der Waals surface area (Å²) in [5, 5.41) is 1.08. The fraction of sp³-hybridized carbons (Fsp3) is 0.0208. The zero-order valence-corrected chi connectivity index (χ0v) is 28.1. The third-order valence-electron chi connectivity index (χ3n) is 10.2. The van der Waals surface area contributed by atoms with Crippen molar-refractivity contribution in [1.82, 2.24) is 15.0 Å². The smallest absolute Gasteiger partial charge is 0.164 e. The largest absolute Gasteiger partial charge is 0.456 e. The minimum atomic E-state index is -0.519. The first kappa shape index (κ1) is 30.0. The average molecular weight is 666 g/mol. The lowest BCUT2D eigenvalue weighted by molar-refractivity contribution is 0.631. The third kappa shape index (κ3) is 4.80. The summed E-state index contributed by atoms with van der Waals surface area (Å²) >= 11 is 0. The molecule has 0 spiro atoms. The van der Waals surface area contributed by atoms with Gasteiger partial charge in [0.1, 0.15) is 11.3 Å². The molecule has 4 heteroatoms. The number of aromatic nitrogens is 3. The SMILES string of the molecule is c1ccc(-c2nc(-c3ccc(-c4cc5ccccc5o4)cc3)nc(-c3ccc4c(c3)C(c3ccccc3)(c3ccccc3)c3ccccc3-4)n2)cc1. The molecule has 0 saturated carbocycles. The first-order chi connectivity index (χ1) is 25.8. The Bertz CT molecular complexity index is 2650. The lowest BCUT2D eigenvalue weighted by Crippen LogP contribution is -2.28. The number of para-hydroxylation sites is 1. The highest BCUT2D eigenvalue weighted by Gasteiger charge is 2.46. The molecule has 0 bridgehead atoms. The third-order valence-corrected chi connectivity index (χ3v) is 10.2. The van der Waals surface area contributed by atoms with Crippen LogP contribution in [0.15, 0.2) is 192 Å². The monoisotopic (exact) mass is 665 g/mol. The highest BCUT2D eigenvalue weighted by atomic mass is 16.3. The predicted octanol–water partition coefficient (Wildman–Crippen LogP) is 11.6. The Morgan fingerprint density at radius 1 is 0.365 bits per heavy atom. The molecule has 244 valence electrons. The minimum absolute atomic E-state index is 0.519. The van der Waals surface area contributed by atoms with Crippen LogP contribution in [-0.2, 0) is 5.41 Å². The maximum absolute atomic E-state index is 6.15. The molecule has 2 aromatic heterocycles. The number of fused-ring (bicyclic) bond motifs is 4. The second-order valence-electron chi connectivity index (χ2n) is 13.2. The minimum Gasteiger partial charge on any atom is -0.456 e. The molecule has 2 heterocycles. The maximum atomic E-state index is 6.15. The summed E-state index contributed by atoms with van der Waals surface area (Å²) in [4.78, 5) is 15.3. The molecule has 9 aromatic rings. The Labute approximate surface area is 301 Å². The van der Waals surface area contributed by atoms with E-state index < -0.39 is 5.41 Å². The van der Waals surface area contributed by atoms with E-state index in [9.17, 15) is 0 Å². The van der Waals surface area contributed by atoms with Gasteiger partial charge in [0.2, 0.25) is 0 Å². The van der Waals surface area contributed by atoms with E-state index in [-0.39, 0.29) is 0 Å². The molecule has 0 atom stereocenters. The fourth-order valence-electron chi connectivity index (χ4n) is 7.84. The van der Waals surface area contributed by atoms with E-state index in [2.05, 4.69) is 140 Å². The van der Waals surface area contributed by atoms with Crippen LogP contribution in [0, 0.1) is 0 Å². The van der Waals surface area contributed by atoms with Crippen LogP contribution in [-0.4, -0.2) is 15.0 Å². The van der Waals surface area contributed by atoms with Gasteiger partial charge in [-0.25, -0.2) is 15.0 Å². The van der Waals surface area contributed by atoms with Gasteiger partial charge >= 0.3 is 0 Å². The quantitative estimate of drug-likeness (QED) is 0.177. The average Bonchev–Trinajstić information content (AvgIpc) is 3.80. The van der Waals surface area contributed by atoms with Gasteiger partial charge < -0.3 is 4.42 Å². The second kappa shape index (κ2) is 12.1. The zero-order chi connectivity index (χ0) is 34.5. The summed E-state index contributed by atoms with van der Waals surface area (Å²) in [7, 11) is 0. The normalized spacial score (nSPS) is 12.8. The van der Waals surface area contributed by atoms with Crippen LogP contribution < -0.4 is 0 Å². The van der Waals surface area contributed by atoms with Crippen LogP contribution in [0.3, 0.4) is 0 Å². The van der Waals surface area contributed by atoms with Gasteiger partial charge in [0.25, 0.3) is 0 Å². The van der Waals surface area contributed by atoms with Crippen molar-refractivity contribution in [1.29, 1.82) is 0 Å². The van der Waals surface area contributed by atoms with Gasteiger partial charge in [-0.2, -0.15) is 0 Å². The molecule has 10 rings (SSSR count). The van der Waals surface area contributed by atoms with E-state index in [0.29, 0.717) is 17.5 Å². The highest BCUT2D eigenvalue weighted by molar-refractivity contribution is 5.88. The van der Waals surface area contributed by atoms with Crippen LogP contribution in [0.25, 0.3) is 67.6 Å². The molecule has 1 aliphatic carbocycles. The summed E-state index contributed by atoms with van der Waals surface area (Å²) in [5.74, 6) is 2.69. The van der Waals surface area contributed by atoms with Crippen molar-refractivity contribution >= 4 is 11.0 Å². The molecular weight excluding hydrogens is 635 g/mol. The number of nitrogens with zero attached hydrogens (tertiary/aromatic N) is 3. The Hall–Kier alpha value is -6.91. The lowest BCUT2D eigenvalue weighted by Gasteiger charge is -2.34. The molecule has 1 aliphatic rings. The molecule has 0 saturated heterocycles. The van der Waals surface area contributed by atoms with Crippen molar-refractivity contribution in [3.05, 3.63) is 210 Å². The molecule has 7 aromatic carbocycles. The molecule has 0 amide bonds. The van der Waals surface area contributed by atoms with Crippen molar-refractivity contribution in [3.63, 3.8) is 0 Å². The Kier molecular flexibility index (Phi) is 7.00. The van der Waals surface area contributed by atoms with Crippen molar-refractivity contribution in [2.45, 2.75) is 5.41 Å². The van der Waals surface area contributed by atoms with Gasteiger partial charge in [-0.05, 0) is 51.6 Å². The first-order valence-electron chi connectivity index (χ1n) is 17.5. The van der Waals surface area contributed by atoms with Crippen molar-refractivity contribution in [3.8, 4) is 56.6 Å². The molecule has 0 fully saturated rings. The van der Waals surface area contributed by atoms with Gasteiger partial charge in [-0.3, -0.25) is 0 Å². The highest BCUT2D eigenvalue weighted by Crippen LogP contribution is 2.56. The Balaban J connectivity index is 1.15. The maximum Gasteiger partial charge on any atom is 0.164 e. The zero-order valence-electron chi connectivity index (χ0n) is 28.1. The van der Waals surface area contributed by atoms with Gasteiger partial charge in [-0.1, -0.05) is 170 Å². The summed E-state index contributed by atoms with van der Waals surface area (Å²) < 4.78 is 6.15. The second-order valence-corrected chi connectivity index (χ2v) is 13.2. The van der Waals surface area contributed by atoms with E-state index in [0.717, 1.165) is 39.0 Å². The lowest BCUT2D eigenvalue weighted by atomic mass is 9.67. The molecule has 52 heavy (non-hydrogen) atoms. The molecule has 0 unspecified atom stereocenters. The van der Waals surface area contributed by atoms with E-state index in [1.165, 1.54) is 33.4 Å². The molecule has 4 nitrogen and oxygen atoms in total. The van der Waals surface area contributed by atoms with Crippen LogP contribution in [0.1, 0.15) is 22.3 Å². The Morgan fingerprint density at radius 2 is 0.865 bits per heavy atom. The first-order valence-corrected chi connectivity index (χ1v) is 17.5. The summed E-state index contributed by atoms with van der Waals surface area (Å²) in [6, 6.07) is 65.7. The van der Waals surface area contributed by atoms with E-state index in [1.54, 1.807) is 0 Å². The standard InChI is InChI=1S/C48H31N3O/c1-4-14-33(15-5-1)45-49-46(34-26-24-32(25-27-34)44-31-35-16-10-13-23-43(35)52-44)51-47(50-45)36-28-29-40-39-21-11-12-22-41(39)48(42(40)30-36,37-17-6-2-7-18-37)38-19-8-3-9-20-38/h1-31H. The topological polar surface area (TPSA) is 51.8 Å². The number of benzene rings is 7.